The Labute approximate surface area is 120 Å². The van der Waals surface area contributed by atoms with Gasteiger partial charge in [-0.15, -0.1) is 0 Å². The van der Waals surface area contributed by atoms with E-state index in [1.807, 2.05) is 6.07 Å². The zero-order valence-electron chi connectivity index (χ0n) is 12.2. The van der Waals surface area contributed by atoms with Crippen LogP contribution in [0.1, 0.15) is 31.7 Å². The fraction of sp³-hybridized carbons (Fsp3) is 0.412. The lowest BCUT2D eigenvalue weighted by Crippen LogP contribution is -2.32. The van der Waals surface area contributed by atoms with Crippen molar-refractivity contribution in [2.45, 2.75) is 32.2 Å². The second kappa shape index (κ2) is 5.71. The normalized spacial score (nSPS) is 19.1. The van der Waals surface area contributed by atoms with E-state index in [1.165, 1.54) is 29.4 Å². The van der Waals surface area contributed by atoms with Gasteiger partial charge in [-0.2, -0.15) is 0 Å². The van der Waals surface area contributed by atoms with E-state index in [4.69, 9.17) is 4.74 Å². The standard InChI is InChI=1S/C17H22N2O/c1-3-4-13-9-12(7-8-18-13)16-11-19-17-10-14(20-2)5-6-15(16)17/h5-7,10-11,13,18-19H,3-4,8-9H2,1-2H3. The molecule has 0 saturated heterocycles. The third kappa shape index (κ3) is 2.46. The number of hydrogen-bond acceptors (Lipinski definition) is 2. The molecular formula is C17H22N2O. The minimum Gasteiger partial charge on any atom is -0.497 e. The van der Waals surface area contributed by atoms with Crippen LogP contribution < -0.4 is 10.1 Å². The first kappa shape index (κ1) is 13.3. The third-order valence-electron chi connectivity index (χ3n) is 4.09. The predicted octanol–water partition coefficient (Wildman–Crippen LogP) is 3.72. The van der Waals surface area contributed by atoms with E-state index in [1.54, 1.807) is 7.11 Å². The summed E-state index contributed by atoms with van der Waals surface area (Å²) in [6, 6.07) is 6.86. The summed E-state index contributed by atoms with van der Waals surface area (Å²) in [5.74, 6) is 0.897. The van der Waals surface area contributed by atoms with Gasteiger partial charge in [-0.25, -0.2) is 0 Å². The first-order valence-corrected chi connectivity index (χ1v) is 7.39. The van der Waals surface area contributed by atoms with Crippen LogP contribution in [0.4, 0.5) is 0 Å². The van der Waals surface area contributed by atoms with Crippen molar-refractivity contribution >= 4 is 16.5 Å². The summed E-state index contributed by atoms with van der Waals surface area (Å²) in [7, 11) is 1.70. The maximum atomic E-state index is 5.28. The topological polar surface area (TPSA) is 37.0 Å². The van der Waals surface area contributed by atoms with Crippen molar-refractivity contribution in [3.63, 3.8) is 0 Å². The van der Waals surface area contributed by atoms with Crippen molar-refractivity contribution in [3.05, 3.63) is 36.0 Å². The number of ether oxygens (including phenoxy) is 1. The number of benzene rings is 1. The summed E-state index contributed by atoms with van der Waals surface area (Å²) in [6.45, 7) is 3.22. The first-order valence-electron chi connectivity index (χ1n) is 7.39. The number of aromatic nitrogens is 1. The molecule has 2 heterocycles. The van der Waals surface area contributed by atoms with Crippen LogP contribution in [0, 0.1) is 0 Å². The van der Waals surface area contributed by atoms with Crippen molar-refractivity contribution in [2.75, 3.05) is 13.7 Å². The molecule has 3 rings (SSSR count). The molecule has 2 N–H and O–H groups in total. The lowest BCUT2D eigenvalue weighted by molar-refractivity contribution is 0.415. The molecule has 0 aliphatic carbocycles. The van der Waals surface area contributed by atoms with E-state index >= 15 is 0 Å². The van der Waals surface area contributed by atoms with Gasteiger partial charge in [-0.1, -0.05) is 19.4 Å². The van der Waals surface area contributed by atoms with Gasteiger partial charge >= 0.3 is 0 Å². The van der Waals surface area contributed by atoms with Crippen LogP contribution in [0.2, 0.25) is 0 Å². The molecule has 106 valence electrons. The molecule has 0 fully saturated rings. The predicted molar refractivity (Wildman–Crippen MR) is 84.1 cm³/mol. The number of nitrogens with one attached hydrogen (secondary N) is 2. The van der Waals surface area contributed by atoms with Gasteiger partial charge in [0.05, 0.1) is 7.11 Å². The number of fused-ring (bicyclic) bond motifs is 1. The van der Waals surface area contributed by atoms with Crippen molar-refractivity contribution in [1.29, 1.82) is 0 Å². The highest BCUT2D eigenvalue weighted by atomic mass is 16.5. The number of hydrogen-bond donors (Lipinski definition) is 2. The molecule has 20 heavy (non-hydrogen) atoms. The lowest BCUT2D eigenvalue weighted by atomic mass is 9.93. The van der Waals surface area contributed by atoms with Crippen LogP contribution in [-0.4, -0.2) is 24.7 Å². The molecule has 3 heteroatoms. The number of rotatable bonds is 4. The average Bonchev–Trinajstić information content (AvgIpc) is 2.90. The van der Waals surface area contributed by atoms with E-state index in [9.17, 15) is 0 Å². The third-order valence-corrected chi connectivity index (χ3v) is 4.09. The van der Waals surface area contributed by atoms with Gasteiger partial charge in [0.1, 0.15) is 5.75 Å². The molecule has 0 saturated carbocycles. The fourth-order valence-electron chi connectivity index (χ4n) is 3.04. The average molecular weight is 270 g/mol. The highest BCUT2D eigenvalue weighted by molar-refractivity contribution is 5.93. The molecule has 0 amide bonds. The molecule has 0 bridgehead atoms. The van der Waals surface area contributed by atoms with Crippen LogP contribution >= 0.6 is 0 Å². The van der Waals surface area contributed by atoms with Crippen molar-refractivity contribution in [3.8, 4) is 5.75 Å². The smallest absolute Gasteiger partial charge is 0.120 e. The first-order chi connectivity index (χ1) is 9.81. The largest absolute Gasteiger partial charge is 0.497 e. The van der Waals surface area contributed by atoms with E-state index in [2.05, 4.69) is 41.6 Å². The van der Waals surface area contributed by atoms with Crippen LogP contribution in [0.5, 0.6) is 5.75 Å². The van der Waals surface area contributed by atoms with E-state index in [0.717, 1.165) is 24.2 Å². The highest BCUT2D eigenvalue weighted by Crippen LogP contribution is 2.31. The molecule has 1 aromatic heterocycles. The second-order valence-corrected chi connectivity index (χ2v) is 5.44. The SMILES string of the molecule is CCCC1CC(c2c[nH]c3cc(OC)ccc23)=CCN1. The number of aromatic amines is 1. The van der Waals surface area contributed by atoms with Crippen LogP contribution in [-0.2, 0) is 0 Å². The summed E-state index contributed by atoms with van der Waals surface area (Å²) in [5.41, 5.74) is 3.94. The minimum absolute atomic E-state index is 0.614. The van der Waals surface area contributed by atoms with Gasteiger partial charge in [0.25, 0.3) is 0 Å². The molecule has 1 aromatic carbocycles. The van der Waals surface area contributed by atoms with E-state index in [0.29, 0.717) is 6.04 Å². The van der Waals surface area contributed by atoms with Gasteiger partial charge in [0, 0.05) is 41.3 Å². The number of methoxy groups -OCH3 is 1. The molecule has 1 atom stereocenters. The molecule has 1 unspecified atom stereocenters. The summed E-state index contributed by atoms with van der Waals surface area (Å²) in [5, 5.41) is 4.86. The Hall–Kier alpha value is -1.74. The molecule has 1 aliphatic rings. The fourth-order valence-corrected chi connectivity index (χ4v) is 3.04. The lowest BCUT2D eigenvalue weighted by Gasteiger charge is -2.23. The summed E-state index contributed by atoms with van der Waals surface area (Å²) in [6.07, 6.45) is 8.04. The Balaban J connectivity index is 1.92. The van der Waals surface area contributed by atoms with Crippen molar-refractivity contribution < 1.29 is 4.74 Å². The van der Waals surface area contributed by atoms with E-state index in [-0.39, 0.29) is 0 Å². The van der Waals surface area contributed by atoms with Gasteiger partial charge in [-0.3, -0.25) is 0 Å². The van der Waals surface area contributed by atoms with E-state index < -0.39 is 0 Å². The van der Waals surface area contributed by atoms with Gasteiger partial charge in [0.2, 0.25) is 0 Å². The monoisotopic (exact) mass is 270 g/mol. The van der Waals surface area contributed by atoms with Gasteiger partial charge in [-0.05, 0) is 30.5 Å². The van der Waals surface area contributed by atoms with Crippen LogP contribution in [0.25, 0.3) is 16.5 Å². The zero-order valence-corrected chi connectivity index (χ0v) is 12.2. The van der Waals surface area contributed by atoms with Crippen molar-refractivity contribution in [2.24, 2.45) is 0 Å². The Kier molecular flexibility index (Phi) is 3.79. The van der Waals surface area contributed by atoms with Gasteiger partial charge < -0.3 is 15.0 Å². The zero-order chi connectivity index (χ0) is 13.9. The van der Waals surface area contributed by atoms with Crippen LogP contribution in [0.15, 0.2) is 30.5 Å². The van der Waals surface area contributed by atoms with Crippen LogP contribution in [0.3, 0.4) is 0 Å². The number of H-pyrrole nitrogens is 1. The Morgan fingerprint density at radius 2 is 2.25 bits per heavy atom. The Bertz CT molecular complexity index is 627. The van der Waals surface area contributed by atoms with Crippen molar-refractivity contribution in [1.82, 2.24) is 10.3 Å². The molecular weight excluding hydrogens is 248 g/mol. The Morgan fingerprint density at radius 1 is 1.35 bits per heavy atom. The van der Waals surface area contributed by atoms with Gasteiger partial charge in [0.15, 0.2) is 0 Å². The summed E-state index contributed by atoms with van der Waals surface area (Å²) in [4.78, 5) is 3.37. The highest BCUT2D eigenvalue weighted by Gasteiger charge is 2.17. The summed E-state index contributed by atoms with van der Waals surface area (Å²) < 4.78 is 5.28. The summed E-state index contributed by atoms with van der Waals surface area (Å²) >= 11 is 0. The molecule has 2 aromatic rings. The molecule has 3 nitrogen and oxygen atoms in total. The molecule has 0 spiro atoms. The Morgan fingerprint density at radius 3 is 3.05 bits per heavy atom. The maximum Gasteiger partial charge on any atom is 0.120 e. The molecule has 1 aliphatic heterocycles. The maximum absolute atomic E-state index is 5.28. The second-order valence-electron chi connectivity index (χ2n) is 5.44. The molecule has 0 radical (unpaired) electrons. The minimum atomic E-state index is 0.614. The quantitative estimate of drug-likeness (QED) is 0.888.